The third-order valence-corrected chi connectivity index (χ3v) is 6.43. The molecule has 0 spiro atoms. The van der Waals surface area contributed by atoms with Crippen LogP contribution in [0, 0.1) is 0 Å². The lowest BCUT2D eigenvalue weighted by molar-refractivity contribution is -0.123. The lowest BCUT2D eigenvalue weighted by Gasteiger charge is -2.29. The summed E-state index contributed by atoms with van der Waals surface area (Å²) < 4.78 is 16.2. The first-order valence-corrected chi connectivity index (χ1v) is 11.9. The predicted molar refractivity (Wildman–Crippen MR) is 137 cm³/mol. The highest BCUT2D eigenvalue weighted by Gasteiger charge is 2.28. The molecule has 0 fully saturated rings. The van der Waals surface area contributed by atoms with Gasteiger partial charge in [-0.15, -0.1) is 11.3 Å². The average Bonchev–Trinajstić information content (AvgIpc) is 3.41. The standard InChI is InChI=1S/C26H22N4O5S/c1-33-17-7-9-22(34-2)19(12-17)28-24(31)13-30-21-11-16(6-8-23(21)35-14-25(30)32)20-15-36-26(29-20)18-5-3-4-10-27-18/h3-12,15H,13-14H2,1-2H3,(H,28,31). The van der Waals surface area contributed by atoms with E-state index in [4.69, 9.17) is 19.2 Å². The van der Waals surface area contributed by atoms with Crippen molar-refractivity contribution in [3.63, 3.8) is 0 Å². The molecule has 1 aliphatic heterocycles. The number of rotatable bonds is 7. The van der Waals surface area contributed by atoms with Gasteiger partial charge in [0.2, 0.25) is 5.91 Å². The van der Waals surface area contributed by atoms with E-state index in [1.807, 2.05) is 35.7 Å². The van der Waals surface area contributed by atoms with Crippen LogP contribution in [0.25, 0.3) is 22.0 Å². The minimum absolute atomic E-state index is 0.150. The number of carbonyl (C=O) groups is 2. The van der Waals surface area contributed by atoms with Gasteiger partial charge in [0.1, 0.15) is 28.8 Å². The molecule has 3 heterocycles. The van der Waals surface area contributed by atoms with E-state index in [-0.39, 0.29) is 25.0 Å². The van der Waals surface area contributed by atoms with Crippen LogP contribution in [0.4, 0.5) is 11.4 Å². The molecule has 9 nitrogen and oxygen atoms in total. The molecule has 0 unspecified atom stereocenters. The first kappa shape index (κ1) is 23.3. The van der Waals surface area contributed by atoms with E-state index >= 15 is 0 Å². The molecule has 0 atom stereocenters. The van der Waals surface area contributed by atoms with Crippen molar-refractivity contribution in [1.29, 1.82) is 0 Å². The van der Waals surface area contributed by atoms with E-state index < -0.39 is 0 Å². The number of ether oxygens (including phenoxy) is 3. The summed E-state index contributed by atoms with van der Waals surface area (Å²) in [7, 11) is 3.05. The Morgan fingerprint density at radius 2 is 2.00 bits per heavy atom. The molecule has 36 heavy (non-hydrogen) atoms. The van der Waals surface area contributed by atoms with Crippen LogP contribution in [0.5, 0.6) is 17.2 Å². The van der Waals surface area contributed by atoms with Crippen molar-refractivity contribution in [2.75, 3.05) is 37.6 Å². The third-order valence-electron chi connectivity index (χ3n) is 5.57. The zero-order chi connectivity index (χ0) is 25.1. The van der Waals surface area contributed by atoms with Crippen LogP contribution in [0.15, 0.2) is 66.2 Å². The zero-order valence-electron chi connectivity index (χ0n) is 19.6. The highest BCUT2D eigenvalue weighted by atomic mass is 32.1. The minimum atomic E-state index is -0.390. The van der Waals surface area contributed by atoms with Crippen LogP contribution >= 0.6 is 11.3 Å². The Hall–Kier alpha value is -4.44. The van der Waals surface area contributed by atoms with E-state index in [1.54, 1.807) is 30.5 Å². The fourth-order valence-electron chi connectivity index (χ4n) is 3.79. The maximum atomic E-state index is 13.0. The number of nitrogens with zero attached hydrogens (tertiary/aromatic N) is 3. The third kappa shape index (κ3) is 4.71. The number of aromatic nitrogens is 2. The molecule has 1 N–H and O–H groups in total. The second-order valence-corrected chi connectivity index (χ2v) is 8.68. The van der Waals surface area contributed by atoms with Gasteiger partial charge < -0.3 is 19.5 Å². The van der Waals surface area contributed by atoms with E-state index in [9.17, 15) is 9.59 Å². The number of anilines is 2. The van der Waals surface area contributed by atoms with Gasteiger partial charge in [-0.2, -0.15) is 0 Å². The molecule has 182 valence electrons. The van der Waals surface area contributed by atoms with Crippen molar-refractivity contribution in [2.24, 2.45) is 0 Å². The summed E-state index contributed by atoms with van der Waals surface area (Å²) in [6.07, 6.45) is 1.72. The highest BCUT2D eigenvalue weighted by molar-refractivity contribution is 7.13. The van der Waals surface area contributed by atoms with Crippen LogP contribution in [0.1, 0.15) is 0 Å². The van der Waals surface area contributed by atoms with E-state index in [2.05, 4.69) is 10.3 Å². The van der Waals surface area contributed by atoms with Gasteiger partial charge in [-0.3, -0.25) is 19.5 Å². The smallest absolute Gasteiger partial charge is 0.265 e. The monoisotopic (exact) mass is 502 g/mol. The van der Waals surface area contributed by atoms with E-state index in [0.29, 0.717) is 28.6 Å². The predicted octanol–water partition coefficient (Wildman–Crippen LogP) is 4.25. The molecule has 0 saturated heterocycles. The summed E-state index contributed by atoms with van der Waals surface area (Å²) in [6, 6.07) is 16.2. The summed E-state index contributed by atoms with van der Waals surface area (Å²) in [5.74, 6) is 0.855. The van der Waals surface area contributed by atoms with Crippen molar-refractivity contribution >= 4 is 34.5 Å². The van der Waals surface area contributed by atoms with E-state index in [0.717, 1.165) is 22.0 Å². The molecule has 4 aromatic rings. The molecule has 0 bridgehead atoms. The van der Waals surface area contributed by atoms with Crippen LogP contribution in [0.3, 0.4) is 0 Å². The lowest BCUT2D eigenvalue weighted by Crippen LogP contribution is -2.43. The second-order valence-electron chi connectivity index (χ2n) is 7.82. The Morgan fingerprint density at radius 1 is 1.11 bits per heavy atom. The number of hydrogen-bond donors (Lipinski definition) is 1. The maximum absolute atomic E-state index is 13.0. The number of hydrogen-bond acceptors (Lipinski definition) is 8. The van der Waals surface area contributed by atoms with Gasteiger partial charge in [0.25, 0.3) is 5.91 Å². The van der Waals surface area contributed by atoms with Gasteiger partial charge in [0, 0.05) is 23.2 Å². The van der Waals surface area contributed by atoms with Gasteiger partial charge in [-0.25, -0.2) is 4.98 Å². The van der Waals surface area contributed by atoms with Crippen LogP contribution in [0.2, 0.25) is 0 Å². The largest absolute Gasteiger partial charge is 0.497 e. The molecule has 0 radical (unpaired) electrons. The first-order valence-electron chi connectivity index (χ1n) is 11.0. The SMILES string of the molecule is COc1ccc(OC)c(NC(=O)CN2C(=O)COc3ccc(-c4csc(-c5ccccn5)n4)cc32)c1. The van der Waals surface area contributed by atoms with Crippen molar-refractivity contribution in [3.8, 4) is 39.2 Å². The van der Waals surface area contributed by atoms with Crippen molar-refractivity contribution in [2.45, 2.75) is 0 Å². The normalized spacial score (nSPS) is 12.5. The maximum Gasteiger partial charge on any atom is 0.265 e. The second kappa shape index (κ2) is 10.0. The molecule has 2 aromatic heterocycles. The lowest BCUT2D eigenvalue weighted by atomic mass is 10.1. The average molecular weight is 503 g/mol. The van der Waals surface area contributed by atoms with Crippen molar-refractivity contribution in [3.05, 3.63) is 66.2 Å². The van der Waals surface area contributed by atoms with Crippen LogP contribution in [-0.4, -0.2) is 49.2 Å². The minimum Gasteiger partial charge on any atom is -0.497 e. The molecule has 0 saturated carbocycles. The summed E-state index contributed by atoms with van der Waals surface area (Å²) >= 11 is 1.48. The molecule has 10 heteroatoms. The van der Waals surface area contributed by atoms with Crippen molar-refractivity contribution in [1.82, 2.24) is 9.97 Å². The molecule has 2 aromatic carbocycles. The van der Waals surface area contributed by atoms with Gasteiger partial charge in [-0.1, -0.05) is 6.07 Å². The number of pyridine rings is 1. The Kier molecular flexibility index (Phi) is 6.50. The number of methoxy groups -OCH3 is 2. The molecular weight excluding hydrogens is 480 g/mol. The number of nitrogens with one attached hydrogen (secondary N) is 1. The first-order chi connectivity index (χ1) is 17.6. The molecule has 0 aliphatic carbocycles. The number of benzene rings is 2. The van der Waals surface area contributed by atoms with Gasteiger partial charge in [0.05, 0.1) is 37.0 Å². The Morgan fingerprint density at radius 3 is 2.78 bits per heavy atom. The number of carbonyl (C=O) groups excluding carboxylic acids is 2. The molecule has 1 aliphatic rings. The molecule has 5 rings (SSSR count). The zero-order valence-corrected chi connectivity index (χ0v) is 20.4. The molecule has 2 amide bonds. The summed E-state index contributed by atoms with van der Waals surface area (Å²) in [5.41, 5.74) is 3.28. The highest BCUT2D eigenvalue weighted by Crippen LogP contribution is 2.37. The topological polar surface area (TPSA) is 103 Å². The molecular formula is C26H22N4O5S. The summed E-state index contributed by atoms with van der Waals surface area (Å²) in [4.78, 5) is 36.2. The Balaban J connectivity index is 1.40. The van der Waals surface area contributed by atoms with Crippen LogP contribution in [-0.2, 0) is 9.59 Å². The number of fused-ring (bicyclic) bond motifs is 1. The van der Waals surface area contributed by atoms with Gasteiger partial charge in [-0.05, 0) is 42.5 Å². The van der Waals surface area contributed by atoms with Crippen LogP contribution < -0.4 is 24.4 Å². The van der Waals surface area contributed by atoms with Gasteiger partial charge >= 0.3 is 0 Å². The van der Waals surface area contributed by atoms with Gasteiger partial charge in [0.15, 0.2) is 6.61 Å². The number of amides is 2. The number of thiazole rings is 1. The fourth-order valence-corrected chi connectivity index (χ4v) is 4.60. The van der Waals surface area contributed by atoms with E-state index in [1.165, 1.54) is 30.5 Å². The summed E-state index contributed by atoms with van der Waals surface area (Å²) in [5, 5.41) is 5.53. The Bertz CT molecular complexity index is 1420. The van der Waals surface area contributed by atoms with Crippen molar-refractivity contribution < 1.29 is 23.8 Å². The Labute approximate surface area is 211 Å². The fraction of sp³-hybridized carbons (Fsp3) is 0.154. The summed E-state index contributed by atoms with van der Waals surface area (Å²) in [6.45, 7) is -0.349. The quantitative estimate of drug-likeness (QED) is 0.403.